The van der Waals surface area contributed by atoms with Crippen molar-refractivity contribution in [2.24, 2.45) is 0 Å². The molecule has 0 aliphatic carbocycles. The van der Waals surface area contributed by atoms with E-state index in [1.54, 1.807) is 0 Å². The summed E-state index contributed by atoms with van der Waals surface area (Å²) < 4.78 is 12.7. The van der Waals surface area contributed by atoms with Crippen molar-refractivity contribution in [1.82, 2.24) is 0 Å². The zero-order chi connectivity index (χ0) is 15.9. The van der Waals surface area contributed by atoms with Crippen LogP contribution in [0.2, 0.25) is 0 Å². The number of aryl methyl sites for hydroxylation is 1. The van der Waals surface area contributed by atoms with Crippen LogP contribution in [-0.2, 0) is 5.79 Å². The summed E-state index contributed by atoms with van der Waals surface area (Å²) in [5.41, 5.74) is 4.29. The molecule has 4 rings (SSSR count). The third-order valence-electron chi connectivity index (χ3n) is 4.31. The van der Waals surface area contributed by atoms with Gasteiger partial charge in [0.25, 0.3) is 5.79 Å². The van der Waals surface area contributed by atoms with E-state index in [2.05, 4.69) is 31.2 Å². The van der Waals surface area contributed by atoms with Crippen molar-refractivity contribution < 1.29 is 9.47 Å². The minimum atomic E-state index is -0.867. The molecule has 1 aliphatic heterocycles. The van der Waals surface area contributed by atoms with E-state index in [1.165, 1.54) is 0 Å². The molecule has 2 nitrogen and oxygen atoms in total. The van der Waals surface area contributed by atoms with Gasteiger partial charge >= 0.3 is 0 Å². The molecule has 0 N–H and O–H groups in total. The molecule has 3 aromatic carbocycles. The van der Waals surface area contributed by atoms with Gasteiger partial charge in [0, 0.05) is 23.6 Å². The number of para-hydroxylation sites is 2. The highest BCUT2D eigenvalue weighted by Crippen LogP contribution is 2.45. The van der Waals surface area contributed by atoms with E-state index < -0.39 is 5.79 Å². The van der Waals surface area contributed by atoms with Crippen molar-refractivity contribution in [3.05, 3.63) is 83.9 Å². The Labute approximate surface area is 136 Å². The third-order valence-corrected chi connectivity index (χ3v) is 4.31. The quantitative estimate of drug-likeness (QED) is 0.607. The maximum absolute atomic E-state index is 6.37. The first kappa shape index (κ1) is 13.9. The van der Waals surface area contributed by atoms with Crippen molar-refractivity contribution in [2.75, 3.05) is 0 Å². The van der Waals surface area contributed by atoms with Crippen LogP contribution in [0.15, 0.2) is 72.8 Å². The molecule has 23 heavy (non-hydrogen) atoms. The predicted molar refractivity (Wildman–Crippen MR) is 91.7 cm³/mol. The maximum Gasteiger partial charge on any atom is 0.275 e. The molecule has 0 saturated carbocycles. The molecule has 0 saturated heterocycles. The number of hydrogen-bond donors (Lipinski definition) is 0. The second-order valence-corrected chi connectivity index (χ2v) is 5.96. The minimum absolute atomic E-state index is 0.836. The van der Waals surface area contributed by atoms with Gasteiger partial charge in [0.05, 0.1) is 0 Å². The summed E-state index contributed by atoms with van der Waals surface area (Å²) in [5.74, 6) is 0.806. The van der Waals surface area contributed by atoms with Crippen LogP contribution in [-0.4, -0.2) is 0 Å². The molecule has 3 aromatic rings. The Balaban J connectivity index is 1.96. The Kier molecular flexibility index (Phi) is 3.12. The lowest BCUT2D eigenvalue weighted by Gasteiger charge is -2.31. The molecule has 1 heterocycles. The largest absolute Gasteiger partial charge is 0.448 e. The number of hydrogen-bond acceptors (Lipinski definition) is 2. The van der Waals surface area contributed by atoms with Crippen LogP contribution in [0.3, 0.4) is 0 Å². The zero-order valence-corrected chi connectivity index (χ0v) is 13.2. The van der Waals surface area contributed by atoms with Gasteiger partial charge in [-0.2, -0.15) is 0 Å². The summed E-state index contributed by atoms with van der Waals surface area (Å²) in [6.07, 6.45) is 0. The molecule has 0 spiro atoms. The first-order chi connectivity index (χ1) is 11.2. The van der Waals surface area contributed by atoms with E-state index in [4.69, 9.17) is 9.47 Å². The Morgan fingerprint density at radius 3 is 1.70 bits per heavy atom. The molecule has 1 aliphatic rings. The van der Waals surface area contributed by atoms with Crippen molar-refractivity contribution in [3.63, 3.8) is 0 Å². The fourth-order valence-corrected chi connectivity index (χ4v) is 3.19. The molecule has 0 unspecified atom stereocenters. The predicted octanol–water partition coefficient (Wildman–Crippen LogP) is 5.31. The molecule has 2 heteroatoms. The summed E-state index contributed by atoms with van der Waals surface area (Å²) in [7, 11) is 0. The van der Waals surface area contributed by atoms with E-state index in [0.29, 0.717) is 0 Å². The summed E-state index contributed by atoms with van der Waals surface area (Å²) in [6, 6.07) is 24.4. The van der Waals surface area contributed by atoms with Crippen molar-refractivity contribution in [3.8, 4) is 22.6 Å². The lowest BCUT2D eigenvalue weighted by Crippen LogP contribution is -2.36. The summed E-state index contributed by atoms with van der Waals surface area (Å²) in [6.45, 7) is 4.06. The Morgan fingerprint density at radius 2 is 1.13 bits per heavy atom. The SMILES string of the molecule is Cc1ccccc1C1(C)Oc2ccccc2-c2ccccc2O1. The van der Waals surface area contributed by atoms with Crippen LogP contribution in [0.1, 0.15) is 18.1 Å². The lowest BCUT2D eigenvalue weighted by atomic mass is 10.0. The molecule has 0 amide bonds. The van der Waals surface area contributed by atoms with Gasteiger partial charge in [0.2, 0.25) is 0 Å². The first-order valence-electron chi connectivity index (χ1n) is 7.80. The monoisotopic (exact) mass is 302 g/mol. The molecule has 0 bridgehead atoms. The highest BCUT2D eigenvalue weighted by Gasteiger charge is 2.36. The number of fused-ring (bicyclic) bond motifs is 3. The number of benzene rings is 3. The van der Waals surface area contributed by atoms with Gasteiger partial charge in [0.15, 0.2) is 0 Å². The second-order valence-electron chi connectivity index (χ2n) is 5.96. The van der Waals surface area contributed by atoms with Gasteiger partial charge < -0.3 is 9.47 Å². The van der Waals surface area contributed by atoms with Gasteiger partial charge in [0.1, 0.15) is 11.5 Å². The average Bonchev–Trinajstić information content (AvgIpc) is 2.69. The van der Waals surface area contributed by atoms with Crippen molar-refractivity contribution in [2.45, 2.75) is 19.6 Å². The molecule has 0 atom stereocenters. The Hall–Kier alpha value is -2.74. The molecule has 0 fully saturated rings. The van der Waals surface area contributed by atoms with Crippen LogP contribution in [0, 0.1) is 6.92 Å². The smallest absolute Gasteiger partial charge is 0.275 e. The zero-order valence-electron chi connectivity index (χ0n) is 13.2. The van der Waals surface area contributed by atoms with E-state index in [9.17, 15) is 0 Å². The van der Waals surface area contributed by atoms with E-state index in [1.807, 2.05) is 55.5 Å². The second kappa shape index (κ2) is 5.17. The van der Waals surface area contributed by atoms with Crippen molar-refractivity contribution >= 4 is 0 Å². The van der Waals surface area contributed by atoms with E-state index >= 15 is 0 Å². The van der Waals surface area contributed by atoms with E-state index in [-0.39, 0.29) is 0 Å². The van der Waals surface area contributed by atoms with Crippen LogP contribution >= 0.6 is 0 Å². The summed E-state index contributed by atoms with van der Waals surface area (Å²) >= 11 is 0. The number of ether oxygens (including phenoxy) is 2. The topological polar surface area (TPSA) is 18.5 Å². The third kappa shape index (κ3) is 2.27. The fraction of sp³-hybridized carbons (Fsp3) is 0.143. The summed E-state index contributed by atoms with van der Waals surface area (Å²) in [4.78, 5) is 0. The molecule has 0 radical (unpaired) electrons. The van der Waals surface area contributed by atoms with Gasteiger partial charge in [-0.1, -0.05) is 60.7 Å². The van der Waals surface area contributed by atoms with Gasteiger partial charge in [-0.15, -0.1) is 0 Å². The van der Waals surface area contributed by atoms with Crippen LogP contribution < -0.4 is 9.47 Å². The standard InChI is InChI=1S/C21H18O2/c1-15-9-3-6-12-18(15)21(2)22-19-13-7-4-10-16(19)17-11-5-8-14-20(17)23-21/h3-14H,1-2H3. The molecule has 0 aromatic heterocycles. The van der Waals surface area contributed by atoms with Crippen LogP contribution in [0.4, 0.5) is 0 Å². The van der Waals surface area contributed by atoms with Crippen molar-refractivity contribution in [1.29, 1.82) is 0 Å². The number of rotatable bonds is 1. The highest BCUT2D eigenvalue weighted by molar-refractivity contribution is 5.76. The molecular weight excluding hydrogens is 284 g/mol. The van der Waals surface area contributed by atoms with Crippen LogP contribution in [0.25, 0.3) is 11.1 Å². The average molecular weight is 302 g/mol. The summed E-state index contributed by atoms with van der Waals surface area (Å²) in [5, 5.41) is 0. The Morgan fingerprint density at radius 1 is 0.652 bits per heavy atom. The van der Waals surface area contributed by atoms with Gasteiger partial charge in [-0.25, -0.2) is 0 Å². The first-order valence-corrected chi connectivity index (χ1v) is 7.80. The highest BCUT2D eigenvalue weighted by atomic mass is 16.7. The maximum atomic E-state index is 6.37. The molecular formula is C21H18O2. The minimum Gasteiger partial charge on any atom is -0.448 e. The van der Waals surface area contributed by atoms with E-state index in [0.717, 1.165) is 33.8 Å². The normalized spacial score (nSPS) is 14.7. The van der Waals surface area contributed by atoms with Gasteiger partial charge in [-0.05, 0) is 24.6 Å². The lowest BCUT2D eigenvalue weighted by molar-refractivity contribution is -0.102. The van der Waals surface area contributed by atoms with Crippen LogP contribution in [0.5, 0.6) is 11.5 Å². The fourth-order valence-electron chi connectivity index (χ4n) is 3.19. The molecule has 114 valence electrons. The Bertz CT molecular complexity index is 819. The van der Waals surface area contributed by atoms with Gasteiger partial charge in [-0.3, -0.25) is 0 Å².